The minimum Gasteiger partial charge on any atom is -0.384 e. The Bertz CT molecular complexity index is 244. The monoisotopic (exact) mass is 289 g/mol. The Balaban J connectivity index is 3.83. The van der Waals surface area contributed by atoms with Gasteiger partial charge in [-0.2, -0.15) is 0 Å². The summed E-state index contributed by atoms with van der Waals surface area (Å²) in [6.45, 7) is 4.40. The molecule has 0 fully saturated rings. The molecule has 1 unspecified atom stereocenters. The standard InChI is InChI=1S/C14H27NOS2/c1-3-5-6-7-8-10-12(9-4-2)11-13(16)18-14(15)17/h12H,3-11H2,1-2H3,(H2,15,17). The van der Waals surface area contributed by atoms with E-state index in [1.165, 1.54) is 38.5 Å². The first kappa shape index (κ1) is 17.9. The highest BCUT2D eigenvalue weighted by atomic mass is 32.2. The molecular weight excluding hydrogens is 262 g/mol. The molecule has 0 saturated carbocycles. The van der Waals surface area contributed by atoms with Gasteiger partial charge in [0.25, 0.3) is 0 Å². The van der Waals surface area contributed by atoms with Crippen LogP contribution in [0.25, 0.3) is 0 Å². The van der Waals surface area contributed by atoms with Crippen molar-refractivity contribution in [1.29, 1.82) is 0 Å². The summed E-state index contributed by atoms with van der Waals surface area (Å²) in [5, 5.41) is 0.134. The summed E-state index contributed by atoms with van der Waals surface area (Å²) in [5.41, 5.74) is 5.37. The molecule has 2 nitrogen and oxygen atoms in total. The van der Waals surface area contributed by atoms with E-state index in [0.717, 1.165) is 24.6 Å². The first-order valence-electron chi connectivity index (χ1n) is 7.10. The van der Waals surface area contributed by atoms with Crippen LogP contribution in [0.4, 0.5) is 0 Å². The number of nitrogens with two attached hydrogens (primary N) is 1. The zero-order valence-electron chi connectivity index (χ0n) is 11.7. The van der Waals surface area contributed by atoms with Gasteiger partial charge in [-0.1, -0.05) is 71.0 Å². The predicted molar refractivity (Wildman–Crippen MR) is 85.8 cm³/mol. The second-order valence-corrected chi connectivity index (χ2v) is 6.65. The Morgan fingerprint density at radius 3 is 2.33 bits per heavy atom. The number of thiocarbonyl (C=S) groups is 1. The van der Waals surface area contributed by atoms with Gasteiger partial charge < -0.3 is 5.73 Å². The van der Waals surface area contributed by atoms with Crippen molar-refractivity contribution in [1.82, 2.24) is 0 Å². The number of unbranched alkanes of at least 4 members (excludes halogenated alkanes) is 4. The second kappa shape index (κ2) is 12.0. The topological polar surface area (TPSA) is 43.1 Å². The highest BCUT2D eigenvalue weighted by Gasteiger charge is 2.14. The van der Waals surface area contributed by atoms with Crippen LogP contribution in [-0.2, 0) is 4.79 Å². The zero-order valence-corrected chi connectivity index (χ0v) is 13.4. The number of carbonyl (C=O) groups excluding carboxylic acids is 1. The Morgan fingerprint density at radius 1 is 1.11 bits per heavy atom. The number of hydrogen-bond acceptors (Lipinski definition) is 3. The van der Waals surface area contributed by atoms with E-state index < -0.39 is 0 Å². The summed E-state index contributed by atoms with van der Waals surface area (Å²) in [7, 11) is 0. The molecule has 2 N–H and O–H groups in total. The van der Waals surface area contributed by atoms with Crippen LogP contribution in [0.15, 0.2) is 0 Å². The third-order valence-electron chi connectivity index (χ3n) is 3.08. The second-order valence-electron chi connectivity index (χ2n) is 4.85. The van der Waals surface area contributed by atoms with Crippen molar-refractivity contribution in [3.8, 4) is 0 Å². The predicted octanol–water partition coefficient (Wildman–Crippen LogP) is 4.66. The summed E-state index contributed by atoms with van der Waals surface area (Å²) in [6.07, 6.45) is 10.5. The van der Waals surface area contributed by atoms with E-state index in [9.17, 15) is 4.79 Å². The first-order valence-corrected chi connectivity index (χ1v) is 8.32. The summed E-state index contributed by atoms with van der Waals surface area (Å²) < 4.78 is 0.248. The molecule has 0 aliphatic rings. The molecule has 18 heavy (non-hydrogen) atoms. The third kappa shape index (κ3) is 11.0. The minimum absolute atomic E-state index is 0.134. The lowest BCUT2D eigenvalue weighted by Gasteiger charge is -2.14. The fraction of sp³-hybridized carbons (Fsp3) is 0.857. The average molecular weight is 290 g/mol. The maximum Gasteiger partial charge on any atom is 0.196 e. The van der Waals surface area contributed by atoms with Gasteiger partial charge in [0.2, 0.25) is 0 Å². The summed E-state index contributed by atoms with van der Waals surface area (Å²) in [5.74, 6) is 0.519. The van der Waals surface area contributed by atoms with E-state index in [1.54, 1.807) is 0 Å². The molecule has 1 atom stereocenters. The largest absolute Gasteiger partial charge is 0.384 e. The minimum atomic E-state index is 0.134. The molecule has 0 spiro atoms. The Morgan fingerprint density at radius 2 is 1.78 bits per heavy atom. The van der Waals surface area contributed by atoms with Crippen LogP contribution in [0.1, 0.15) is 71.6 Å². The van der Waals surface area contributed by atoms with E-state index in [-0.39, 0.29) is 9.44 Å². The van der Waals surface area contributed by atoms with Gasteiger partial charge in [-0.3, -0.25) is 4.79 Å². The number of thioether (sulfide) groups is 1. The molecule has 4 heteroatoms. The normalized spacial score (nSPS) is 12.3. The lowest BCUT2D eigenvalue weighted by Crippen LogP contribution is -2.11. The lowest BCUT2D eigenvalue weighted by molar-refractivity contribution is -0.111. The van der Waals surface area contributed by atoms with Crippen molar-refractivity contribution >= 4 is 33.4 Å². The molecule has 0 radical (unpaired) electrons. The fourth-order valence-corrected chi connectivity index (χ4v) is 3.01. The number of carbonyl (C=O) groups is 1. The highest BCUT2D eigenvalue weighted by molar-refractivity contribution is 8.32. The Kier molecular flexibility index (Phi) is 11.9. The van der Waals surface area contributed by atoms with Gasteiger partial charge in [0.1, 0.15) is 4.32 Å². The van der Waals surface area contributed by atoms with Crippen LogP contribution in [0, 0.1) is 5.92 Å². The smallest absolute Gasteiger partial charge is 0.196 e. The number of hydrogen-bond donors (Lipinski definition) is 1. The molecule has 0 bridgehead atoms. The van der Waals surface area contributed by atoms with Crippen LogP contribution in [0.3, 0.4) is 0 Å². The van der Waals surface area contributed by atoms with Gasteiger partial charge in [-0.15, -0.1) is 0 Å². The van der Waals surface area contributed by atoms with Crippen molar-refractivity contribution in [3.63, 3.8) is 0 Å². The molecule has 0 rings (SSSR count). The number of rotatable bonds is 10. The third-order valence-corrected chi connectivity index (χ3v) is 3.93. The van der Waals surface area contributed by atoms with Crippen molar-refractivity contribution < 1.29 is 4.79 Å². The first-order chi connectivity index (χ1) is 8.60. The maximum absolute atomic E-state index is 11.7. The van der Waals surface area contributed by atoms with Gasteiger partial charge >= 0.3 is 0 Å². The quantitative estimate of drug-likeness (QED) is 0.469. The van der Waals surface area contributed by atoms with Gasteiger partial charge in [0, 0.05) is 6.42 Å². The van der Waals surface area contributed by atoms with Crippen molar-refractivity contribution in [2.24, 2.45) is 11.7 Å². The molecule has 106 valence electrons. The van der Waals surface area contributed by atoms with E-state index in [2.05, 4.69) is 13.8 Å². The molecule has 0 aliphatic heterocycles. The van der Waals surface area contributed by atoms with E-state index >= 15 is 0 Å². The Labute approximate surface area is 121 Å². The fourth-order valence-electron chi connectivity index (χ4n) is 2.18. The van der Waals surface area contributed by atoms with Crippen molar-refractivity contribution in [3.05, 3.63) is 0 Å². The molecule has 0 saturated heterocycles. The van der Waals surface area contributed by atoms with Crippen LogP contribution >= 0.6 is 24.0 Å². The SMILES string of the molecule is CCCCCCCC(CCC)CC(=O)SC(N)=S. The molecular formula is C14H27NOS2. The van der Waals surface area contributed by atoms with Crippen LogP contribution in [0.5, 0.6) is 0 Å². The lowest BCUT2D eigenvalue weighted by atomic mass is 9.93. The van der Waals surface area contributed by atoms with Crippen LogP contribution in [-0.4, -0.2) is 9.44 Å². The van der Waals surface area contributed by atoms with Gasteiger partial charge in [0.05, 0.1) is 0 Å². The molecule has 0 aromatic heterocycles. The van der Waals surface area contributed by atoms with Gasteiger partial charge in [-0.05, 0) is 24.1 Å². The molecule has 0 aliphatic carbocycles. The highest BCUT2D eigenvalue weighted by Crippen LogP contribution is 2.23. The molecule has 0 heterocycles. The van der Waals surface area contributed by atoms with Crippen LogP contribution in [0.2, 0.25) is 0 Å². The van der Waals surface area contributed by atoms with E-state index in [4.69, 9.17) is 18.0 Å². The summed E-state index contributed by atoms with van der Waals surface area (Å²) in [4.78, 5) is 11.7. The average Bonchev–Trinajstić information content (AvgIpc) is 2.27. The summed E-state index contributed by atoms with van der Waals surface area (Å²) in [6, 6.07) is 0. The van der Waals surface area contributed by atoms with E-state index in [1.807, 2.05) is 0 Å². The summed E-state index contributed by atoms with van der Waals surface area (Å²) >= 11 is 5.77. The van der Waals surface area contributed by atoms with Gasteiger partial charge in [0.15, 0.2) is 5.12 Å². The molecule has 0 aromatic carbocycles. The van der Waals surface area contributed by atoms with Gasteiger partial charge in [-0.25, -0.2) is 0 Å². The molecule has 0 amide bonds. The molecule has 0 aromatic rings. The van der Waals surface area contributed by atoms with Crippen LogP contribution < -0.4 is 5.73 Å². The zero-order chi connectivity index (χ0) is 13.8. The van der Waals surface area contributed by atoms with E-state index in [0.29, 0.717) is 12.3 Å². The van der Waals surface area contributed by atoms with Crippen molar-refractivity contribution in [2.75, 3.05) is 0 Å². The maximum atomic E-state index is 11.7. The Hall–Kier alpha value is -0.0900. The van der Waals surface area contributed by atoms with Crippen molar-refractivity contribution in [2.45, 2.75) is 71.6 Å².